The lowest BCUT2D eigenvalue weighted by atomic mass is 10.00. The smallest absolute Gasteiger partial charge is 0.166 e. The van der Waals surface area contributed by atoms with Gasteiger partial charge in [-0.2, -0.15) is 0 Å². The Morgan fingerprint density at radius 1 is 1.00 bits per heavy atom. The van der Waals surface area contributed by atoms with Crippen LogP contribution in [-0.2, 0) is 6.42 Å². The van der Waals surface area contributed by atoms with E-state index in [0.717, 1.165) is 5.56 Å². The van der Waals surface area contributed by atoms with Crippen LogP contribution in [0.2, 0.25) is 10.0 Å². The molecule has 0 bridgehead atoms. The largest absolute Gasteiger partial charge is 0.294 e. The van der Waals surface area contributed by atoms with Crippen LogP contribution in [0, 0.1) is 13.8 Å². The highest BCUT2D eigenvalue weighted by Crippen LogP contribution is 2.26. The zero-order valence-corrected chi connectivity index (χ0v) is 13.1. The van der Waals surface area contributed by atoms with Gasteiger partial charge in [-0.25, -0.2) is 0 Å². The van der Waals surface area contributed by atoms with Crippen molar-refractivity contribution in [3.63, 3.8) is 0 Å². The molecule has 20 heavy (non-hydrogen) atoms. The minimum Gasteiger partial charge on any atom is -0.294 e. The molecule has 0 fully saturated rings. The van der Waals surface area contributed by atoms with Gasteiger partial charge < -0.3 is 0 Å². The van der Waals surface area contributed by atoms with Crippen LogP contribution in [0.15, 0.2) is 36.4 Å². The van der Waals surface area contributed by atoms with Gasteiger partial charge in [-0.1, -0.05) is 47.5 Å². The third-order valence-corrected chi connectivity index (χ3v) is 4.08. The first-order valence-corrected chi connectivity index (χ1v) is 7.28. The van der Waals surface area contributed by atoms with Crippen LogP contribution in [0.5, 0.6) is 0 Å². The van der Waals surface area contributed by atoms with Gasteiger partial charge in [-0.05, 0) is 49.1 Å². The van der Waals surface area contributed by atoms with Gasteiger partial charge >= 0.3 is 0 Å². The van der Waals surface area contributed by atoms with Crippen molar-refractivity contribution in [2.45, 2.75) is 26.7 Å². The van der Waals surface area contributed by atoms with E-state index in [-0.39, 0.29) is 5.78 Å². The molecule has 0 aliphatic heterocycles. The molecule has 3 heteroatoms. The van der Waals surface area contributed by atoms with Gasteiger partial charge in [0.2, 0.25) is 0 Å². The average molecular weight is 307 g/mol. The fraction of sp³-hybridized carbons (Fsp3) is 0.235. The van der Waals surface area contributed by atoms with Crippen LogP contribution in [-0.4, -0.2) is 5.78 Å². The summed E-state index contributed by atoms with van der Waals surface area (Å²) in [7, 11) is 0. The molecule has 2 aromatic carbocycles. The van der Waals surface area contributed by atoms with Gasteiger partial charge in [0.25, 0.3) is 0 Å². The van der Waals surface area contributed by atoms with E-state index in [0.29, 0.717) is 28.5 Å². The lowest BCUT2D eigenvalue weighted by molar-refractivity contribution is 0.0983. The van der Waals surface area contributed by atoms with Crippen molar-refractivity contribution in [2.24, 2.45) is 0 Å². The number of carbonyl (C=O) groups excluding carboxylic acids is 1. The molecule has 2 rings (SSSR count). The van der Waals surface area contributed by atoms with Crippen molar-refractivity contribution < 1.29 is 4.79 Å². The summed E-state index contributed by atoms with van der Waals surface area (Å²) in [5, 5.41) is 0.838. The van der Waals surface area contributed by atoms with E-state index >= 15 is 0 Å². The molecule has 0 amide bonds. The lowest BCUT2D eigenvalue weighted by Crippen LogP contribution is -2.03. The monoisotopic (exact) mass is 306 g/mol. The van der Waals surface area contributed by atoms with E-state index in [4.69, 9.17) is 23.2 Å². The first-order chi connectivity index (χ1) is 9.49. The van der Waals surface area contributed by atoms with Crippen molar-refractivity contribution in [3.8, 4) is 0 Å². The summed E-state index contributed by atoms with van der Waals surface area (Å²) in [6.45, 7) is 4.15. The number of aryl methyl sites for hydroxylation is 3. The molecule has 0 heterocycles. The van der Waals surface area contributed by atoms with Crippen LogP contribution >= 0.6 is 23.2 Å². The summed E-state index contributed by atoms with van der Waals surface area (Å²) in [5.41, 5.74) is 4.09. The Hall–Kier alpha value is -1.31. The second-order valence-electron chi connectivity index (χ2n) is 4.94. The molecule has 0 atom stereocenters. The Balaban J connectivity index is 2.11. The summed E-state index contributed by atoms with van der Waals surface area (Å²) in [6, 6.07) is 11.4. The summed E-state index contributed by atoms with van der Waals surface area (Å²) >= 11 is 12.1. The van der Waals surface area contributed by atoms with E-state index in [9.17, 15) is 4.79 Å². The normalized spacial score (nSPS) is 10.6. The molecule has 2 aromatic rings. The van der Waals surface area contributed by atoms with Crippen molar-refractivity contribution >= 4 is 29.0 Å². The number of Topliss-reactive ketones (excluding diaryl/α,β-unsaturated/α-hetero) is 1. The zero-order chi connectivity index (χ0) is 14.7. The number of benzene rings is 2. The summed E-state index contributed by atoms with van der Waals surface area (Å²) in [6.07, 6.45) is 1.10. The van der Waals surface area contributed by atoms with E-state index < -0.39 is 0 Å². The molecule has 0 aromatic heterocycles. The molecule has 0 spiro atoms. The van der Waals surface area contributed by atoms with Gasteiger partial charge in [0, 0.05) is 6.42 Å². The third kappa shape index (κ3) is 3.41. The summed E-state index contributed by atoms with van der Waals surface area (Å²) < 4.78 is 0. The number of rotatable bonds is 4. The maximum Gasteiger partial charge on any atom is 0.166 e. The second kappa shape index (κ2) is 6.43. The molecule has 0 aliphatic rings. The fourth-order valence-electron chi connectivity index (χ4n) is 2.11. The maximum absolute atomic E-state index is 12.2. The molecule has 0 saturated heterocycles. The average Bonchev–Trinajstić information content (AvgIpc) is 2.40. The highest BCUT2D eigenvalue weighted by atomic mass is 35.5. The van der Waals surface area contributed by atoms with Gasteiger partial charge in [-0.15, -0.1) is 0 Å². The molecular formula is C17H16Cl2O. The molecule has 0 radical (unpaired) electrons. The van der Waals surface area contributed by atoms with Crippen LogP contribution in [0.4, 0.5) is 0 Å². The van der Waals surface area contributed by atoms with E-state index in [1.165, 1.54) is 11.1 Å². The third-order valence-electron chi connectivity index (χ3n) is 3.45. The van der Waals surface area contributed by atoms with E-state index in [1.54, 1.807) is 18.2 Å². The number of carbonyl (C=O) groups is 1. The number of hydrogen-bond acceptors (Lipinski definition) is 1. The maximum atomic E-state index is 12.2. The van der Waals surface area contributed by atoms with Gasteiger partial charge in [0.15, 0.2) is 5.78 Å². The van der Waals surface area contributed by atoms with Gasteiger partial charge in [0.1, 0.15) is 0 Å². The van der Waals surface area contributed by atoms with Crippen LogP contribution in [0.25, 0.3) is 0 Å². The molecule has 0 saturated carbocycles. The minimum atomic E-state index is -0.0150. The molecule has 104 valence electrons. The molecule has 0 unspecified atom stereocenters. The lowest BCUT2D eigenvalue weighted by Gasteiger charge is -2.07. The highest BCUT2D eigenvalue weighted by molar-refractivity contribution is 6.39. The Bertz CT molecular complexity index is 627. The van der Waals surface area contributed by atoms with Crippen molar-refractivity contribution in [1.29, 1.82) is 0 Å². The highest BCUT2D eigenvalue weighted by Gasteiger charge is 2.14. The van der Waals surface area contributed by atoms with Crippen LogP contribution < -0.4 is 0 Å². The summed E-state index contributed by atoms with van der Waals surface area (Å²) in [5.74, 6) is -0.0150. The van der Waals surface area contributed by atoms with Crippen molar-refractivity contribution in [1.82, 2.24) is 0 Å². The second-order valence-corrected chi connectivity index (χ2v) is 5.75. The van der Waals surface area contributed by atoms with E-state index in [1.807, 2.05) is 0 Å². The number of ketones is 1. The number of hydrogen-bond donors (Lipinski definition) is 0. The van der Waals surface area contributed by atoms with Crippen molar-refractivity contribution in [3.05, 3.63) is 68.7 Å². The topological polar surface area (TPSA) is 17.1 Å². The predicted molar refractivity (Wildman–Crippen MR) is 85.0 cm³/mol. The van der Waals surface area contributed by atoms with Crippen LogP contribution in [0.1, 0.15) is 33.5 Å². The van der Waals surface area contributed by atoms with Gasteiger partial charge in [-0.3, -0.25) is 4.79 Å². The Labute approximate surface area is 129 Å². The minimum absolute atomic E-state index is 0.0150. The number of halogens is 2. The fourth-order valence-corrected chi connectivity index (χ4v) is 2.71. The SMILES string of the molecule is Cc1ccc(CCC(=O)c2c(Cl)cccc2Cl)cc1C. The molecular weight excluding hydrogens is 291 g/mol. The molecule has 0 aliphatic carbocycles. The Kier molecular flexibility index (Phi) is 4.85. The predicted octanol–water partition coefficient (Wildman–Crippen LogP) is 5.43. The first kappa shape index (κ1) is 15.1. The van der Waals surface area contributed by atoms with Crippen molar-refractivity contribution in [2.75, 3.05) is 0 Å². The molecule has 1 nitrogen and oxygen atoms in total. The van der Waals surface area contributed by atoms with E-state index in [2.05, 4.69) is 32.0 Å². The quantitative estimate of drug-likeness (QED) is 0.689. The van der Waals surface area contributed by atoms with Crippen LogP contribution in [0.3, 0.4) is 0 Å². The zero-order valence-electron chi connectivity index (χ0n) is 11.5. The molecule has 0 N–H and O–H groups in total. The Morgan fingerprint density at radius 3 is 2.25 bits per heavy atom. The standard InChI is InChI=1S/C17H16Cl2O/c1-11-6-7-13(10-12(11)2)8-9-16(20)17-14(18)4-3-5-15(17)19/h3-7,10H,8-9H2,1-2H3. The van der Waals surface area contributed by atoms with Gasteiger partial charge in [0.05, 0.1) is 15.6 Å². The first-order valence-electron chi connectivity index (χ1n) is 6.52. The summed E-state index contributed by atoms with van der Waals surface area (Å²) in [4.78, 5) is 12.2. The Morgan fingerprint density at radius 2 is 1.65 bits per heavy atom.